The zero-order valence-corrected chi connectivity index (χ0v) is 13.4. The van der Waals surface area contributed by atoms with E-state index in [2.05, 4.69) is 10.6 Å². The minimum absolute atomic E-state index is 0.0517. The van der Waals surface area contributed by atoms with Gasteiger partial charge in [-0.05, 0) is 42.1 Å². The van der Waals surface area contributed by atoms with E-state index in [4.69, 9.17) is 0 Å². The van der Waals surface area contributed by atoms with Crippen LogP contribution in [0.3, 0.4) is 0 Å². The van der Waals surface area contributed by atoms with Gasteiger partial charge in [-0.15, -0.1) is 11.3 Å². The van der Waals surface area contributed by atoms with Gasteiger partial charge in [-0.1, -0.05) is 19.1 Å². The first-order chi connectivity index (χ1) is 10.6. The van der Waals surface area contributed by atoms with Gasteiger partial charge in [0.1, 0.15) is 0 Å². The summed E-state index contributed by atoms with van der Waals surface area (Å²) in [6.45, 7) is 3.66. The van der Waals surface area contributed by atoms with Crippen molar-refractivity contribution in [1.82, 2.24) is 0 Å². The van der Waals surface area contributed by atoms with Crippen LogP contribution in [0.2, 0.25) is 0 Å². The van der Waals surface area contributed by atoms with Gasteiger partial charge in [-0.3, -0.25) is 9.59 Å². The maximum absolute atomic E-state index is 12.0. The number of benzene rings is 1. The van der Waals surface area contributed by atoms with Gasteiger partial charge in [-0.2, -0.15) is 0 Å². The Morgan fingerprint density at radius 1 is 1.14 bits per heavy atom. The Hall–Kier alpha value is -2.40. The number of hydrogen-bond acceptors (Lipinski definition) is 3. The van der Waals surface area contributed by atoms with Crippen molar-refractivity contribution in [3.63, 3.8) is 0 Å². The fraction of sp³-hybridized carbons (Fsp3) is 0.176. The number of nitrogens with one attached hydrogen (secondary N) is 2. The maximum atomic E-state index is 12.0. The van der Waals surface area contributed by atoms with Crippen LogP contribution in [0.5, 0.6) is 0 Å². The quantitative estimate of drug-likeness (QED) is 0.818. The maximum Gasteiger partial charge on any atom is 0.248 e. The average Bonchev–Trinajstić information content (AvgIpc) is 3.02. The molecule has 2 aromatic rings. The Balaban J connectivity index is 2.07. The number of carbonyl (C=O) groups excluding carboxylic acids is 2. The van der Waals surface area contributed by atoms with Crippen molar-refractivity contribution in [2.24, 2.45) is 0 Å². The lowest BCUT2D eigenvalue weighted by molar-refractivity contribution is -0.116. The molecule has 0 bridgehead atoms. The zero-order chi connectivity index (χ0) is 15.9. The molecule has 1 heterocycles. The van der Waals surface area contributed by atoms with E-state index in [1.54, 1.807) is 30.4 Å². The first kappa shape index (κ1) is 16.0. The summed E-state index contributed by atoms with van der Waals surface area (Å²) in [4.78, 5) is 24.5. The highest BCUT2D eigenvalue weighted by Gasteiger charge is 2.07. The van der Waals surface area contributed by atoms with Crippen molar-refractivity contribution in [3.8, 4) is 0 Å². The highest BCUT2D eigenvalue weighted by atomic mass is 32.1. The molecular weight excluding hydrogens is 296 g/mol. The highest BCUT2D eigenvalue weighted by Crippen LogP contribution is 2.23. The van der Waals surface area contributed by atoms with Crippen LogP contribution in [-0.4, -0.2) is 11.8 Å². The fourth-order valence-electron chi connectivity index (χ4n) is 1.86. The van der Waals surface area contributed by atoms with Gasteiger partial charge in [0.05, 0.1) is 0 Å². The number of carbonyl (C=O) groups is 2. The summed E-state index contributed by atoms with van der Waals surface area (Å²) < 4.78 is 0. The summed E-state index contributed by atoms with van der Waals surface area (Å²) in [5.41, 5.74) is 2.24. The van der Waals surface area contributed by atoms with Gasteiger partial charge in [0, 0.05) is 28.7 Å². The Morgan fingerprint density at radius 3 is 2.50 bits per heavy atom. The Labute approximate surface area is 133 Å². The molecular formula is C17H18N2O2S. The number of thiophene rings is 1. The molecule has 0 saturated carbocycles. The van der Waals surface area contributed by atoms with Gasteiger partial charge in [0.2, 0.25) is 11.8 Å². The molecule has 0 spiro atoms. The van der Waals surface area contributed by atoms with Gasteiger partial charge in [-0.25, -0.2) is 0 Å². The molecule has 0 unspecified atom stereocenters. The van der Waals surface area contributed by atoms with Crippen LogP contribution in [0.25, 0.3) is 6.08 Å². The molecule has 114 valence electrons. The van der Waals surface area contributed by atoms with Gasteiger partial charge >= 0.3 is 0 Å². The molecule has 0 atom stereocenters. The summed E-state index contributed by atoms with van der Waals surface area (Å²) in [7, 11) is 0. The van der Waals surface area contributed by atoms with Crippen LogP contribution < -0.4 is 10.6 Å². The molecule has 2 rings (SSSR count). The second-order valence-corrected chi connectivity index (χ2v) is 5.70. The van der Waals surface area contributed by atoms with E-state index in [1.807, 2.05) is 36.6 Å². The third kappa shape index (κ3) is 4.30. The van der Waals surface area contributed by atoms with Crippen LogP contribution in [0.4, 0.5) is 11.4 Å². The minimum Gasteiger partial charge on any atom is -0.326 e. The van der Waals surface area contributed by atoms with E-state index in [-0.39, 0.29) is 11.8 Å². The standard InChI is InChI=1S/C17H18N2O2S/c1-3-16(20)18-14-7-4-8-15(12(14)2)19-17(21)10-9-13-6-5-11-22-13/h4-11H,3H2,1-2H3,(H,18,20)(H,19,21)/b10-9-. The molecule has 0 fully saturated rings. The normalized spacial score (nSPS) is 10.6. The smallest absolute Gasteiger partial charge is 0.248 e. The fourth-order valence-corrected chi connectivity index (χ4v) is 2.48. The highest BCUT2D eigenvalue weighted by molar-refractivity contribution is 7.10. The Kier molecular flexibility index (Phi) is 5.49. The third-order valence-corrected chi connectivity index (χ3v) is 3.97. The minimum atomic E-state index is -0.199. The SMILES string of the molecule is CCC(=O)Nc1cccc(NC(=O)/C=C\c2cccs2)c1C. The molecule has 4 nitrogen and oxygen atoms in total. The van der Waals surface area contributed by atoms with Crippen LogP contribution in [-0.2, 0) is 9.59 Å². The van der Waals surface area contributed by atoms with Crippen LogP contribution >= 0.6 is 11.3 Å². The number of rotatable bonds is 5. The van der Waals surface area contributed by atoms with Crippen molar-refractivity contribution in [2.45, 2.75) is 20.3 Å². The van der Waals surface area contributed by atoms with Crippen molar-refractivity contribution in [2.75, 3.05) is 10.6 Å². The second kappa shape index (κ2) is 7.56. The Morgan fingerprint density at radius 2 is 1.86 bits per heavy atom. The molecule has 5 heteroatoms. The van der Waals surface area contributed by atoms with Crippen LogP contribution in [0, 0.1) is 6.92 Å². The lowest BCUT2D eigenvalue weighted by Gasteiger charge is -2.12. The first-order valence-electron chi connectivity index (χ1n) is 7.02. The van der Waals surface area contributed by atoms with Crippen molar-refractivity contribution < 1.29 is 9.59 Å². The van der Waals surface area contributed by atoms with E-state index >= 15 is 0 Å². The lowest BCUT2D eigenvalue weighted by atomic mass is 10.1. The van der Waals surface area contributed by atoms with Crippen LogP contribution in [0.1, 0.15) is 23.8 Å². The van der Waals surface area contributed by atoms with Crippen molar-refractivity contribution in [3.05, 3.63) is 52.2 Å². The molecule has 0 aliphatic rings. The van der Waals surface area contributed by atoms with Crippen LogP contribution in [0.15, 0.2) is 41.8 Å². The molecule has 0 aliphatic carbocycles. The number of hydrogen-bond donors (Lipinski definition) is 2. The molecule has 0 saturated heterocycles. The summed E-state index contributed by atoms with van der Waals surface area (Å²) in [5, 5.41) is 7.61. The molecule has 0 radical (unpaired) electrons. The molecule has 22 heavy (non-hydrogen) atoms. The van der Waals surface area contributed by atoms with E-state index in [1.165, 1.54) is 6.08 Å². The first-order valence-corrected chi connectivity index (χ1v) is 7.90. The monoisotopic (exact) mass is 314 g/mol. The van der Waals surface area contributed by atoms with E-state index in [0.717, 1.165) is 10.4 Å². The topological polar surface area (TPSA) is 58.2 Å². The average molecular weight is 314 g/mol. The summed E-state index contributed by atoms with van der Waals surface area (Å²) in [5.74, 6) is -0.250. The van der Waals surface area contributed by atoms with Gasteiger partial charge < -0.3 is 10.6 Å². The van der Waals surface area contributed by atoms with E-state index < -0.39 is 0 Å². The molecule has 2 amide bonds. The van der Waals surface area contributed by atoms with Crippen molar-refractivity contribution in [1.29, 1.82) is 0 Å². The third-order valence-electron chi connectivity index (χ3n) is 3.13. The summed E-state index contributed by atoms with van der Waals surface area (Å²) in [6.07, 6.45) is 3.69. The molecule has 1 aromatic heterocycles. The largest absolute Gasteiger partial charge is 0.326 e. The Bertz CT molecular complexity index is 691. The predicted molar refractivity (Wildman–Crippen MR) is 92.1 cm³/mol. The molecule has 1 aromatic carbocycles. The number of anilines is 2. The summed E-state index contributed by atoms with van der Waals surface area (Å²) >= 11 is 1.57. The molecule has 2 N–H and O–H groups in total. The zero-order valence-electron chi connectivity index (χ0n) is 12.6. The summed E-state index contributed by atoms with van der Waals surface area (Å²) in [6, 6.07) is 9.32. The second-order valence-electron chi connectivity index (χ2n) is 4.72. The van der Waals surface area contributed by atoms with Gasteiger partial charge in [0.15, 0.2) is 0 Å². The lowest BCUT2D eigenvalue weighted by Crippen LogP contribution is -2.13. The predicted octanol–water partition coefficient (Wildman–Crippen LogP) is 4.06. The van der Waals surface area contributed by atoms with E-state index in [0.29, 0.717) is 17.8 Å². The van der Waals surface area contributed by atoms with E-state index in [9.17, 15) is 9.59 Å². The number of amides is 2. The molecule has 0 aliphatic heterocycles. The van der Waals surface area contributed by atoms with Gasteiger partial charge in [0.25, 0.3) is 0 Å². The van der Waals surface area contributed by atoms with Crippen molar-refractivity contribution >= 4 is 40.6 Å².